The van der Waals surface area contributed by atoms with E-state index in [0.29, 0.717) is 13.0 Å². The Morgan fingerprint density at radius 2 is 2.25 bits per heavy atom. The number of nitrogens with zero attached hydrogens (tertiary/aromatic N) is 2. The van der Waals surface area contributed by atoms with E-state index in [9.17, 15) is 9.90 Å². The molecule has 0 spiro atoms. The number of hydrogen-bond donors (Lipinski definition) is 2. The Labute approximate surface area is 122 Å². The van der Waals surface area contributed by atoms with Crippen molar-refractivity contribution in [1.82, 2.24) is 14.9 Å². The number of benzene rings is 1. The van der Waals surface area contributed by atoms with Crippen LogP contribution in [-0.2, 0) is 18.4 Å². The van der Waals surface area contributed by atoms with Crippen LogP contribution < -0.4 is 5.32 Å². The van der Waals surface area contributed by atoms with Gasteiger partial charge in [-0.2, -0.15) is 11.8 Å². The summed E-state index contributed by atoms with van der Waals surface area (Å²) in [4.78, 5) is 16.2. The maximum atomic E-state index is 11.7. The van der Waals surface area contributed by atoms with Crippen molar-refractivity contribution in [2.75, 3.05) is 12.0 Å². The summed E-state index contributed by atoms with van der Waals surface area (Å²) >= 11 is 1.61. The van der Waals surface area contributed by atoms with Crippen LogP contribution in [0.5, 0.6) is 0 Å². The molecule has 0 radical (unpaired) electrons. The quantitative estimate of drug-likeness (QED) is 0.842. The molecule has 0 fully saturated rings. The zero-order valence-electron chi connectivity index (χ0n) is 11.7. The van der Waals surface area contributed by atoms with Crippen LogP contribution in [0.3, 0.4) is 0 Å². The number of rotatable bonds is 6. The van der Waals surface area contributed by atoms with Gasteiger partial charge in [-0.05, 0) is 30.6 Å². The standard InChI is InChI=1S/C14H19N3O2S/c1-17-11-6-4-3-5-10(11)16-13(17)9-15-14(19)12(18)7-8-20-2/h3-6,12,18H,7-9H2,1-2H3,(H,15,19)/t12-/m1/s1. The molecular weight excluding hydrogens is 274 g/mol. The maximum Gasteiger partial charge on any atom is 0.249 e. The van der Waals surface area contributed by atoms with Crippen LogP contribution in [0.15, 0.2) is 24.3 Å². The fraction of sp³-hybridized carbons (Fsp3) is 0.429. The molecule has 0 saturated heterocycles. The number of aryl methyl sites for hydroxylation is 1. The summed E-state index contributed by atoms with van der Waals surface area (Å²) in [5.41, 5.74) is 1.93. The number of imidazole rings is 1. The molecule has 0 saturated carbocycles. The first kappa shape index (κ1) is 14.9. The van der Waals surface area contributed by atoms with Crippen LogP contribution in [0.1, 0.15) is 12.2 Å². The fourth-order valence-electron chi connectivity index (χ4n) is 2.00. The Morgan fingerprint density at radius 3 is 2.95 bits per heavy atom. The average molecular weight is 293 g/mol. The number of aliphatic hydroxyl groups excluding tert-OH is 1. The van der Waals surface area contributed by atoms with Gasteiger partial charge in [0, 0.05) is 7.05 Å². The van der Waals surface area contributed by atoms with Gasteiger partial charge in [-0.3, -0.25) is 4.79 Å². The Morgan fingerprint density at radius 1 is 1.50 bits per heavy atom. The second kappa shape index (κ2) is 6.76. The second-order valence-electron chi connectivity index (χ2n) is 4.59. The zero-order valence-corrected chi connectivity index (χ0v) is 12.5. The van der Waals surface area contributed by atoms with Gasteiger partial charge >= 0.3 is 0 Å². The molecule has 1 aromatic heterocycles. The van der Waals surface area contributed by atoms with Gasteiger partial charge in [0.2, 0.25) is 5.91 Å². The number of fused-ring (bicyclic) bond motifs is 1. The Hall–Kier alpha value is -1.53. The van der Waals surface area contributed by atoms with E-state index in [2.05, 4.69) is 10.3 Å². The minimum atomic E-state index is -0.947. The topological polar surface area (TPSA) is 67.2 Å². The SMILES string of the molecule is CSCC[C@@H](O)C(=O)NCc1nc2ccccc2n1C. The van der Waals surface area contributed by atoms with E-state index in [0.717, 1.165) is 22.6 Å². The number of para-hydroxylation sites is 2. The Kier molecular flexibility index (Phi) is 5.03. The van der Waals surface area contributed by atoms with E-state index in [1.165, 1.54) is 0 Å². The zero-order chi connectivity index (χ0) is 14.5. The summed E-state index contributed by atoms with van der Waals surface area (Å²) in [6, 6.07) is 7.82. The molecule has 1 heterocycles. The summed E-state index contributed by atoms with van der Waals surface area (Å²) in [6.45, 7) is 0.320. The van der Waals surface area contributed by atoms with Gasteiger partial charge in [0.1, 0.15) is 11.9 Å². The van der Waals surface area contributed by atoms with Crippen LogP contribution in [-0.4, -0.2) is 38.7 Å². The molecule has 0 bridgehead atoms. The molecule has 1 amide bonds. The first-order chi connectivity index (χ1) is 9.63. The number of carbonyl (C=O) groups is 1. The van der Waals surface area contributed by atoms with Crippen molar-refractivity contribution in [2.45, 2.75) is 19.1 Å². The van der Waals surface area contributed by atoms with Gasteiger partial charge in [0.15, 0.2) is 0 Å². The van der Waals surface area contributed by atoms with E-state index >= 15 is 0 Å². The Balaban J connectivity index is 1.99. The minimum absolute atomic E-state index is 0.320. The molecule has 5 nitrogen and oxygen atoms in total. The van der Waals surface area contributed by atoms with Crippen molar-refractivity contribution in [3.63, 3.8) is 0 Å². The molecule has 2 rings (SSSR count). The van der Waals surface area contributed by atoms with Crippen LogP contribution >= 0.6 is 11.8 Å². The van der Waals surface area contributed by atoms with Crippen LogP contribution in [0, 0.1) is 0 Å². The predicted octanol–water partition coefficient (Wildman–Crippen LogP) is 1.30. The number of aliphatic hydroxyl groups is 1. The lowest BCUT2D eigenvalue weighted by molar-refractivity contribution is -0.129. The van der Waals surface area contributed by atoms with Gasteiger partial charge in [-0.25, -0.2) is 4.98 Å². The number of aromatic nitrogens is 2. The van der Waals surface area contributed by atoms with Crippen molar-refractivity contribution in [3.8, 4) is 0 Å². The molecule has 1 atom stereocenters. The Bertz CT molecular complexity index is 597. The average Bonchev–Trinajstić information content (AvgIpc) is 2.79. The monoisotopic (exact) mass is 293 g/mol. The summed E-state index contributed by atoms with van der Waals surface area (Å²) in [5, 5.41) is 12.4. The third-order valence-corrected chi connectivity index (χ3v) is 3.84. The third-order valence-electron chi connectivity index (χ3n) is 3.20. The van der Waals surface area contributed by atoms with Crippen molar-refractivity contribution in [3.05, 3.63) is 30.1 Å². The highest BCUT2D eigenvalue weighted by Crippen LogP contribution is 2.13. The highest BCUT2D eigenvalue weighted by atomic mass is 32.2. The number of carbonyl (C=O) groups excluding carboxylic acids is 1. The molecule has 0 aliphatic rings. The van der Waals surface area contributed by atoms with Crippen molar-refractivity contribution >= 4 is 28.7 Å². The van der Waals surface area contributed by atoms with Crippen LogP contribution in [0.4, 0.5) is 0 Å². The van der Waals surface area contributed by atoms with Crippen molar-refractivity contribution < 1.29 is 9.90 Å². The molecule has 108 valence electrons. The molecule has 2 N–H and O–H groups in total. The van der Waals surface area contributed by atoms with Crippen molar-refractivity contribution in [2.24, 2.45) is 7.05 Å². The summed E-state index contributed by atoms with van der Waals surface area (Å²) in [5.74, 6) is 1.20. The van der Waals surface area contributed by atoms with Gasteiger partial charge in [0.05, 0.1) is 17.6 Å². The normalized spacial score (nSPS) is 12.6. The summed E-state index contributed by atoms with van der Waals surface area (Å²) in [7, 11) is 1.92. The molecule has 2 aromatic rings. The fourth-order valence-corrected chi connectivity index (χ4v) is 2.46. The van der Waals surface area contributed by atoms with Gasteiger partial charge in [-0.15, -0.1) is 0 Å². The van der Waals surface area contributed by atoms with Gasteiger partial charge < -0.3 is 15.0 Å². The van der Waals surface area contributed by atoms with Crippen LogP contribution in [0.2, 0.25) is 0 Å². The summed E-state index contributed by atoms with van der Waals surface area (Å²) in [6.07, 6.45) is 1.47. The lowest BCUT2D eigenvalue weighted by atomic mass is 10.2. The third kappa shape index (κ3) is 3.32. The largest absolute Gasteiger partial charge is 0.383 e. The number of nitrogens with one attached hydrogen (secondary N) is 1. The second-order valence-corrected chi connectivity index (χ2v) is 5.58. The first-order valence-electron chi connectivity index (χ1n) is 6.48. The molecular formula is C14H19N3O2S. The number of thioether (sulfide) groups is 1. The van der Waals surface area contributed by atoms with E-state index in [1.807, 2.05) is 42.1 Å². The smallest absolute Gasteiger partial charge is 0.249 e. The number of amides is 1. The van der Waals surface area contributed by atoms with Gasteiger partial charge in [0.25, 0.3) is 0 Å². The van der Waals surface area contributed by atoms with E-state index in [1.54, 1.807) is 11.8 Å². The highest BCUT2D eigenvalue weighted by molar-refractivity contribution is 7.98. The van der Waals surface area contributed by atoms with Gasteiger partial charge in [-0.1, -0.05) is 12.1 Å². The first-order valence-corrected chi connectivity index (χ1v) is 7.88. The van der Waals surface area contributed by atoms with E-state index in [-0.39, 0.29) is 5.91 Å². The molecule has 0 unspecified atom stereocenters. The molecule has 20 heavy (non-hydrogen) atoms. The highest BCUT2D eigenvalue weighted by Gasteiger charge is 2.15. The van der Waals surface area contributed by atoms with E-state index in [4.69, 9.17) is 0 Å². The van der Waals surface area contributed by atoms with Crippen LogP contribution in [0.25, 0.3) is 11.0 Å². The molecule has 0 aliphatic heterocycles. The van der Waals surface area contributed by atoms with Crippen molar-refractivity contribution in [1.29, 1.82) is 0 Å². The molecule has 1 aromatic carbocycles. The molecule has 0 aliphatic carbocycles. The maximum absolute atomic E-state index is 11.7. The van der Waals surface area contributed by atoms with E-state index < -0.39 is 6.10 Å². The lowest BCUT2D eigenvalue weighted by Crippen LogP contribution is -2.35. The predicted molar refractivity (Wildman–Crippen MR) is 81.6 cm³/mol. The molecule has 6 heteroatoms. The lowest BCUT2D eigenvalue weighted by Gasteiger charge is -2.10. The minimum Gasteiger partial charge on any atom is -0.383 e. The number of hydrogen-bond acceptors (Lipinski definition) is 4. The summed E-state index contributed by atoms with van der Waals surface area (Å²) < 4.78 is 1.95.